The van der Waals surface area contributed by atoms with Crippen molar-refractivity contribution in [3.05, 3.63) is 0 Å². The fourth-order valence-corrected chi connectivity index (χ4v) is 4.83. The lowest BCUT2D eigenvalue weighted by Crippen LogP contribution is -2.45. The van der Waals surface area contributed by atoms with Crippen LogP contribution in [0.2, 0.25) is 6.04 Å². The summed E-state index contributed by atoms with van der Waals surface area (Å²) in [6.45, 7) is 7.74. The lowest BCUT2D eigenvalue weighted by atomic mass is 10.1. The largest absolute Gasteiger partial charge is 0.500 e. The van der Waals surface area contributed by atoms with Crippen molar-refractivity contribution in [2.75, 3.05) is 19.8 Å². The molecule has 0 heterocycles. The number of aliphatic carboxylic acids is 1. The van der Waals surface area contributed by atoms with Gasteiger partial charge in [-0.1, -0.05) is 19.3 Å². The lowest BCUT2D eigenvalue weighted by Gasteiger charge is -2.28. The van der Waals surface area contributed by atoms with E-state index in [0.29, 0.717) is 19.8 Å². The van der Waals surface area contributed by atoms with E-state index in [-0.39, 0.29) is 6.42 Å². The molecule has 1 N–H and O–H groups in total. The average Bonchev–Trinajstić information content (AvgIpc) is 2.38. The van der Waals surface area contributed by atoms with Gasteiger partial charge in [-0.05, 0) is 33.6 Å². The van der Waals surface area contributed by atoms with Gasteiger partial charge < -0.3 is 18.4 Å². The van der Waals surface area contributed by atoms with Crippen molar-refractivity contribution < 1.29 is 23.2 Å². The molecule has 120 valence electrons. The van der Waals surface area contributed by atoms with Gasteiger partial charge in [0.25, 0.3) is 0 Å². The summed E-state index contributed by atoms with van der Waals surface area (Å²) in [5.74, 6) is -0.708. The van der Waals surface area contributed by atoms with Crippen molar-refractivity contribution in [3.8, 4) is 0 Å². The van der Waals surface area contributed by atoms with Crippen molar-refractivity contribution in [3.63, 3.8) is 0 Å². The number of carboxylic acids is 1. The summed E-state index contributed by atoms with van der Waals surface area (Å²) in [5.41, 5.74) is 0. The van der Waals surface area contributed by atoms with Crippen LogP contribution < -0.4 is 0 Å². The summed E-state index contributed by atoms with van der Waals surface area (Å²) >= 11 is 0. The predicted molar refractivity (Wildman–Crippen MR) is 80.8 cm³/mol. The summed E-state index contributed by atoms with van der Waals surface area (Å²) in [6.07, 6.45) is 5.15. The molecule has 0 unspecified atom stereocenters. The van der Waals surface area contributed by atoms with E-state index in [9.17, 15) is 4.79 Å². The highest BCUT2D eigenvalue weighted by molar-refractivity contribution is 6.60. The average molecular weight is 306 g/mol. The molecular formula is C14H30O5Si. The quantitative estimate of drug-likeness (QED) is 0.393. The Labute approximate surface area is 124 Å². The SMILES string of the molecule is CCO[Si](CCCCCCCC(=O)O)(OCC)OCC. The molecule has 0 aromatic heterocycles. The molecule has 0 aliphatic heterocycles. The van der Waals surface area contributed by atoms with Gasteiger partial charge in [0.15, 0.2) is 0 Å². The first-order chi connectivity index (χ1) is 9.60. The second kappa shape index (κ2) is 12.3. The van der Waals surface area contributed by atoms with Crippen LogP contribution in [-0.2, 0) is 18.1 Å². The summed E-state index contributed by atoms with van der Waals surface area (Å²) in [6, 6.07) is 0.849. The number of unbranched alkanes of at least 4 members (excludes halogenated alkanes) is 4. The van der Waals surface area contributed by atoms with Gasteiger partial charge >= 0.3 is 14.8 Å². The molecule has 0 bridgehead atoms. The molecule has 0 atom stereocenters. The first-order valence-electron chi connectivity index (χ1n) is 7.73. The zero-order valence-electron chi connectivity index (χ0n) is 13.2. The number of carbonyl (C=O) groups is 1. The summed E-state index contributed by atoms with van der Waals surface area (Å²) in [7, 11) is -2.48. The van der Waals surface area contributed by atoms with Crippen molar-refractivity contribution in [2.45, 2.75) is 65.3 Å². The highest BCUT2D eigenvalue weighted by Gasteiger charge is 2.39. The maximum atomic E-state index is 10.4. The van der Waals surface area contributed by atoms with E-state index >= 15 is 0 Å². The van der Waals surface area contributed by atoms with E-state index in [1.807, 2.05) is 20.8 Å². The fraction of sp³-hybridized carbons (Fsp3) is 0.929. The van der Waals surface area contributed by atoms with Crippen molar-refractivity contribution >= 4 is 14.8 Å². The Bertz CT molecular complexity index is 231. The van der Waals surface area contributed by atoms with Crippen LogP contribution in [0.25, 0.3) is 0 Å². The van der Waals surface area contributed by atoms with Gasteiger partial charge in [0, 0.05) is 32.3 Å². The maximum absolute atomic E-state index is 10.4. The summed E-state index contributed by atoms with van der Waals surface area (Å²) in [4.78, 5) is 10.4. The number of hydrogen-bond acceptors (Lipinski definition) is 4. The molecule has 6 heteroatoms. The van der Waals surface area contributed by atoms with Crippen LogP contribution in [0.4, 0.5) is 0 Å². The Hall–Kier alpha value is -0.433. The van der Waals surface area contributed by atoms with Gasteiger partial charge in [-0.2, -0.15) is 0 Å². The summed E-state index contributed by atoms with van der Waals surface area (Å²) in [5, 5.41) is 8.56. The molecule has 0 aliphatic carbocycles. The van der Waals surface area contributed by atoms with Gasteiger partial charge in [-0.15, -0.1) is 0 Å². The first-order valence-corrected chi connectivity index (χ1v) is 9.67. The van der Waals surface area contributed by atoms with Crippen LogP contribution in [0.5, 0.6) is 0 Å². The minimum absolute atomic E-state index is 0.273. The van der Waals surface area contributed by atoms with Gasteiger partial charge in [0.2, 0.25) is 0 Å². The number of hydrogen-bond donors (Lipinski definition) is 1. The number of carboxylic acid groups (broad SMARTS) is 1. The zero-order chi connectivity index (χ0) is 15.3. The molecule has 0 spiro atoms. The Morgan fingerprint density at radius 1 is 0.850 bits per heavy atom. The topological polar surface area (TPSA) is 65.0 Å². The van der Waals surface area contributed by atoms with Crippen LogP contribution in [0, 0.1) is 0 Å². The van der Waals surface area contributed by atoms with Crippen LogP contribution >= 0.6 is 0 Å². The Kier molecular flexibility index (Phi) is 12.1. The third kappa shape index (κ3) is 9.47. The van der Waals surface area contributed by atoms with Gasteiger partial charge in [-0.3, -0.25) is 4.79 Å². The van der Waals surface area contributed by atoms with Crippen LogP contribution in [0.3, 0.4) is 0 Å². The molecule has 0 aromatic rings. The van der Waals surface area contributed by atoms with E-state index in [4.69, 9.17) is 18.4 Å². The Morgan fingerprint density at radius 2 is 1.30 bits per heavy atom. The van der Waals surface area contributed by atoms with E-state index in [1.165, 1.54) is 0 Å². The molecule has 0 fully saturated rings. The molecule has 0 saturated heterocycles. The lowest BCUT2D eigenvalue weighted by molar-refractivity contribution is -0.137. The Morgan fingerprint density at radius 3 is 1.75 bits per heavy atom. The first kappa shape index (κ1) is 19.6. The van der Waals surface area contributed by atoms with Crippen molar-refractivity contribution in [2.24, 2.45) is 0 Å². The normalized spacial score (nSPS) is 11.8. The third-order valence-corrected chi connectivity index (χ3v) is 6.12. The molecule has 20 heavy (non-hydrogen) atoms. The third-order valence-electron chi connectivity index (χ3n) is 2.97. The molecule has 5 nitrogen and oxygen atoms in total. The molecule has 0 aromatic carbocycles. The number of rotatable bonds is 14. The highest BCUT2D eigenvalue weighted by Crippen LogP contribution is 2.20. The summed E-state index contributed by atoms with van der Waals surface area (Å²) < 4.78 is 17.4. The Balaban J connectivity index is 3.91. The van der Waals surface area contributed by atoms with Gasteiger partial charge in [-0.25, -0.2) is 0 Å². The minimum Gasteiger partial charge on any atom is -0.481 e. The van der Waals surface area contributed by atoms with Gasteiger partial charge in [0.05, 0.1) is 0 Å². The second-order valence-electron chi connectivity index (χ2n) is 4.64. The smallest absolute Gasteiger partial charge is 0.481 e. The van der Waals surface area contributed by atoms with Crippen molar-refractivity contribution in [1.29, 1.82) is 0 Å². The molecule has 0 amide bonds. The van der Waals surface area contributed by atoms with E-state index in [2.05, 4.69) is 0 Å². The molecule has 0 saturated carbocycles. The zero-order valence-corrected chi connectivity index (χ0v) is 14.2. The van der Waals surface area contributed by atoms with E-state index in [0.717, 1.165) is 38.1 Å². The molecule has 0 rings (SSSR count). The van der Waals surface area contributed by atoms with Gasteiger partial charge in [0.1, 0.15) is 0 Å². The highest BCUT2D eigenvalue weighted by atomic mass is 28.4. The minimum atomic E-state index is -2.48. The maximum Gasteiger partial charge on any atom is 0.500 e. The van der Waals surface area contributed by atoms with E-state index in [1.54, 1.807) is 0 Å². The van der Waals surface area contributed by atoms with E-state index < -0.39 is 14.8 Å². The molecule has 0 radical (unpaired) electrons. The van der Waals surface area contributed by atoms with Crippen molar-refractivity contribution in [1.82, 2.24) is 0 Å². The monoisotopic (exact) mass is 306 g/mol. The molecule has 0 aliphatic rings. The van der Waals surface area contributed by atoms with Crippen LogP contribution in [0.15, 0.2) is 0 Å². The predicted octanol–water partition coefficient (Wildman–Crippen LogP) is 3.46. The van der Waals surface area contributed by atoms with Crippen LogP contribution in [-0.4, -0.2) is 39.7 Å². The van der Waals surface area contributed by atoms with Crippen LogP contribution in [0.1, 0.15) is 59.3 Å². The second-order valence-corrected chi connectivity index (χ2v) is 7.38. The standard InChI is InChI=1S/C14H30O5Si/c1-4-17-20(18-5-2,19-6-3)13-11-9-7-8-10-12-14(15)16/h4-13H2,1-3H3,(H,15,16). The fourth-order valence-electron chi connectivity index (χ4n) is 2.15. The molecular weight excluding hydrogens is 276 g/mol.